The van der Waals surface area contributed by atoms with Crippen molar-refractivity contribution in [1.29, 1.82) is 0 Å². The Hall–Kier alpha value is -0.860. The topological polar surface area (TPSA) is 12.5 Å². The average Bonchev–Trinajstić information content (AvgIpc) is 2.39. The first-order valence-corrected chi connectivity index (χ1v) is 5.19. The van der Waals surface area contributed by atoms with Crippen LogP contribution >= 0.6 is 0 Å². The van der Waals surface area contributed by atoms with E-state index in [9.17, 15) is 0 Å². The smallest absolute Gasteiger partial charge is 0.114 e. The molecule has 1 fully saturated rings. The Labute approximate surface area is 84.4 Å². The lowest BCUT2D eigenvalue weighted by molar-refractivity contribution is -0.183. The fourth-order valence-electron chi connectivity index (χ4n) is 2.84. The highest BCUT2D eigenvalue weighted by Crippen LogP contribution is 2.45. The molecule has 0 spiro atoms. The van der Waals surface area contributed by atoms with Crippen LogP contribution in [-0.2, 0) is 16.9 Å². The lowest BCUT2D eigenvalue weighted by Gasteiger charge is -2.28. The Morgan fingerprint density at radius 3 is 3.07 bits per heavy atom. The summed E-state index contributed by atoms with van der Waals surface area (Å²) in [6, 6.07) is 9.21. The van der Waals surface area contributed by atoms with Crippen LogP contribution in [0.25, 0.3) is 0 Å². The van der Waals surface area contributed by atoms with Gasteiger partial charge in [-0.05, 0) is 24.5 Å². The molecule has 1 saturated heterocycles. The zero-order valence-corrected chi connectivity index (χ0v) is 8.66. The van der Waals surface area contributed by atoms with Crippen LogP contribution in [0.2, 0.25) is 0 Å². The lowest BCUT2D eigenvalue weighted by Crippen LogP contribution is -2.28. The predicted molar refractivity (Wildman–Crippen MR) is 54.8 cm³/mol. The number of likely N-dealkylation sites (N-methyl/N-ethyl adjacent to an activating group) is 1. The number of benzene rings is 1. The van der Waals surface area contributed by atoms with Crippen LogP contribution in [0.3, 0.4) is 0 Å². The van der Waals surface area contributed by atoms with Gasteiger partial charge in [-0.2, -0.15) is 5.06 Å². The zero-order valence-electron chi connectivity index (χ0n) is 8.66. The van der Waals surface area contributed by atoms with E-state index in [1.54, 1.807) is 0 Å². The summed E-state index contributed by atoms with van der Waals surface area (Å²) in [6.07, 6.45) is 2.25. The van der Waals surface area contributed by atoms with Gasteiger partial charge in [0.05, 0.1) is 0 Å². The predicted octanol–water partition coefficient (Wildman–Crippen LogP) is 2.09. The highest BCUT2D eigenvalue weighted by molar-refractivity contribution is 5.36. The highest BCUT2D eigenvalue weighted by Gasteiger charge is 2.46. The molecule has 1 aromatic rings. The first-order chi connectivity index (χ1) is 6.69. The van der Waals surface area contributed by atoms with E-state index in [1.165, 1.54) is 11.1 Å². The van der Waals surface area contributed by atoms with Crippen molar-refractivity contribution in [3.63, 3.8) is 0 Å². The minimum atomic E-state index is -0.0751. The molecule has 0 radical (unpaired) electrons. The van der Waals surface area contributed by atoms with Crippen LogP contribution in [0.1, 0.15) is 24.5 Å². The maximum Gasteiger partial charge on any atom is 0.114 e. The molecule has 3 rings (SSSR count). The van der Waals surface area contributed by atoms with Crippen molar-refractivity contribution in [2.24, 2.45) is 0 Å². The van der Waals surface area contributed by atoms with Crippen molar-refractivity contribution in [3.8, 4) is 0 Å². The molecule has 2 nitrogen and oxygen atoms in total. The second-order valence-electron chi connectivity index (χ2n) is 4.59. The van der Waals surface area contributed by atoms with Gasteiger partial charge in [-0.3, -0.25) is 4.84 Å². The minimum absolute atomic E-state index is 0.0751. The van der Waals surface area contributed by atoms with E-state index in [2.05, 4.69) is 31.2 Å². The summed E-state index contributed by atoms with van der Waals surface area (Å²) in [7, 11) is 2.04. The Kier molecular flexibility index (Phi) is 1.56. The van der Waals surface area contributed by atoms with E-state index >= 15 is 0 Å². The maximum atomic E-state index is 5.93. The largest absolute Gasteiger partial charge is 0.288 e. The molecule has 74 valence electrons. The fraction of sp³-hybridized carbons (Fsp3) is 0.500. The van der Waals surface area contributed by atoms with Crippen molar-refractivity contribution >= 4 is 0 Å². The minimum Gasteiger partial charge on any atom is -0.288 e. The van der Waals surface area contributed by atoms with Crippen LogP contribution in [-0.4, -0.2) is 18.2 Å². The van der Waals surface area contributed by atoms with Gasteiger partial charge in [0, 0.05) is 19.5 Å². The van der Waals surface area contributed by atoms with Gasteiger partial charge in [-0.1, -0.05) is 24.3 Å². The summed E-state index contributed by atoms with van der Waals surface area (Å²) in [6.45, 7) is 2.20. The van der Waals surface area contributed by atoms with Gasteiger partial charge >= 0.3 is 0 Å². The molecule has 2 aliphatic rings. The van der Waals surface area contributed by atoms with Gasteiger partial charge in [0.15, 0.2) is 0 Å². The number of hydroxylamine groups is 2. The van der Waals surface area contributed by atoms with Crippen molar-refractivity contribution in [1.82, 2.24) is 5.06 Å². The Balaban J connectivity index is 2.15. The molecule has 1 aliphatic carbocycles. The van der Waals surface area contributed by atoms with E-state index in [1.807, 2.05) is 12.1 Å². The molecular formula is C12H15NO. The van der Waals surface area contributed by atoms with Crippen LogP contribution in [0.5, 0.6) is 0 Å². The molecule has 0 saturated carbocycles. The average molecular weight is 189 g/mol. The molecule has 0 amide bonds. The van der Waals surface area contributed by atoms with E-state index in [4.69, 9.17) is 4.84 Å². The molecule has 2 atom stereocenters. The van der Waals surface area contributed by atoms with Gasteiger partial charge in [-0.15, -0.1) is 0 Å². The van der Waals surface area contributed by atoms with E-state index < -0.39 is 0 Å². The third-order valence-electron chi connectivity index (χ3n) is 3.53. The van der Waals surface area contributed by atoms with Crippen LogP contribution < -0.4 is 0 Å². The van der Waals surface area contributed by atoms with Gasteiger partial charge in [0.25, 0.3) is 0 Å². The standard InChI is InChI=1S/C12H15NO/c1-12-8-10(13(2)14-12)7-9-5-3-4-6-11(9)12/h3-6,10H,7-8H2,1-2H3/t10-,12-/m0/s1. The van der Waals surface area contributed by atoms with Crippen LogP contribution in [0.15, 0.2) is 24.3 Å². The molecule has 0 unspecified atom stereocenters. The van der Waals surface area contributed by atoms with Gasteiger partial charge in [-0.25, -0.2) is 0 Å². The second kappa shape index (κ2) is 2.59. The molecule has 2 heteroatoms. The van der Waals surface area contributed by atoms with Gasteiger partial charge in [0.1, 0.15) is 5.60 Å². The molecule has 14 heavy (non-hydrogen) atoms. The summed E-state index contributed by atoms with van der Waals surface area (Å²) in [5.41, 5.74) is 2.75. The summed E-state index contributed by atoms with van der Waals surface area (Å²) >= 11 is 0. The highest BCUT2D eigenvalue weighted by atomic mass is 16.7. The molecule has 1 heterocycles. The molecule has 0 N–H and O–H groups in total. The Bertz CT molecular complexity index is 372. The van der Waals surface area contributed by atoms with Crippen LogP contribution in [0, 0.1) is 0 Å². The summed E-state index contributed by atoms with van der Waals surface area (Å²) < 4.78 is 0. The third kappa shape index (κ3) is 0.983. The number of fused-ring (bicyclic) bond motifs is 4. The van der Waals surface area contributed by atoms with Gasteiger partial charge in [0.2, 0.25) is 0 Å². The quantitative estimate of drug-likeness (QED) is 0.619. The zero-order chi connectivity index (χ0) is 9.76. The van der Waals surface area contributed by atoms with Crippen LogP contribution in [0.4, 0.5) is 0 Å². The Morgan fingerprint density at radius 2 is 2.21 bits per heavy atom. The number of hydrogen-bond acceptors (Lipinski definition) is 2. The van der Waals surface area contributed by atoms with Crippen molar-refractivity contribution < 1.29 is 4.84 Å². The second-order valence-corrected chi connectivity index (χ2v) is 4.59. The number of hydrogen-bond donors (Lipinski definition) is 0. The summed E-state index contributed by atoms with van der Waals surface area (Å²) in [4.78, 5) is 5.93. The summed E-state index contributed by atoms with van der Waals surface area (Å²) in [5, 5.41) is 2.03. The third-order valence-corrected chi connectivity index (χ3v) is 3.53. The SMILES string of the molecule is CN1O[C@@]2(C)C[C@@H]1Cc1ccccc12. The van der Waals surface area contributed by atoms with Crippen molar-refractivity contribution in [3.05, 3.63) is 35.4 Å². The normalized spacial score (nSPS) is 35.7. The summed E-state index contributed by atoms with van der Waals surface area (Å²) in [5.74, 6) is 0. The number of nitrogens with zero attached hydrogens (tertiary/aromatic N) is 1. The first kappa shape index (κ1) is 8.45. The first-order valence-electron chi connectivity index (χ1n) is 5.19. The van der Waals surface area contributed by atoms with E-state index in [-0.39, 0.29) is 5.60 Å². The molecular weight excluding hydrogens is 174 g/mol. The van der Waals surface area contributed by atoms with Gasteiger partial charge < -0.3 is 0 Å². The molecule has 2 bridgehead atoms. The molecule has 1 aliphatic heterocycles. The monoisotopic (exact) mass is 189 g/mol. The Morgan fingerprint density at radius 1 is 1.43 bits per heavy atom. The maximum absolute atomic E-state index is 5.93. The van der Waals surface area contributed by atoms with E-state index in [0.717, 1.165) is 12.8 Å². The lowest BCUT2D eigenvalue weighted by atomic mass is 9.79. The number of rotatable bonds is 0. The molecule has 0 aromatic heterocycles. The molecule has 1 aromatic carbocycles. The van der Waals surface area contributed by atoms with E-state index in [0.29, 0.717) is 6.04 Å². The fourth-order valence-corrected chi connectivity index (χ4v) is 2.84. The van der Waals surface area contributed by atoms with Crippen molar-refractivity contribution in [2.75, 3.05) is 7.05 Å². The van der Waals surface area contributed by atoms with Crippen molar-refractivity contribution in [2.45, 2.75) is 31.4 Å².